The lowest BCUT2D eigenvalue weighted by molar-refractivity contribution is 0.0955. The SMILES string of the molecule is Nc1cnc(Cl)cc1C(=O)NCCc1cnc[nH]1. The van der Waals surface area contributed by atoms with Crippen molar-refractivity contribution in [3.05, 3.63) is 41.2 Å². The number of nitrogens with two attached hydrogens (primary N) is 1. The number of anilines is 1. The van der Waals surface area contributed by atoms with E-state index in [0.29, 0.717) is 24.2 Å². The van der Waals surface area contributed by atoms with Crippen LogP contribution in [-0.4, -0.2) is 27.4 Å². The van der Waals surface area contributed by atoms with Crippen LogP contribution in [0.2, 0.25) is 5.15 Å². The second kappa shape index (κ2) is 5.50. The van der Waals surface area contributed by atoms with E-state index in [-0.39, 0.29) is 11.1 Å². The summed E-state index contributed by atoms with van der Waals surface area (Å²) in [5, 5.41) is 2.99. The molecule has 0 saturated carbocycles. The van der Waals surface area contributed by atoms with Gasteiger partial charge in [-0.15, -0.1) is 0 Å². The molecule has 0 atom stereocenters. The molecule has 0 aliphatic carbocycles. The number of carbonyl (C=O) groups is 1. The lowest BCUT2D eigenvalue weighted by Gasteiger charge is -2.06. The fourth-order valence-electron chi connectivity index (χ4n) is 1.46. The zero-order valence-electron chi connectivity index (χ0n) is 9.48. The van der Waals surface area contributed by atoms with E-state index in [4.69, 9.17) is 17.3 Å². The van der Waals surface area contributed by atoms with Gasteiger partial charge in [-0.1, -0.05) is 11.6 Å². The molecule has 4 N–H and O–H groups in total. The number of halogens is 1. The third-order valence-corrected chi connectivity index (χ3v) is 2.59. The second-order valence-corrected chi connectivity index (χ2v) is 4.06. The summed E-state index contributed by atoms with van der Waals surface area (Å²) in [7, 11) is 0. The van der Waals surface area contributed by atoms with Crippen molar-refractivity contribution < 1.29 is 4.79 Å². The van der Waals surface area contributed by atoms with Crippen molar-refractivity contribution in [2.45, 2.75) is 6.42 Å². The molecular formula is C11H12ClN5O. The highest BCUT2D eigenvalue weighted by Gasteiger charge is 2.10. The molecule has 7 heteroatoms. The van der Waals surface area contributed by atoms with Crippen molar-refractivity contribution in [1.82, 2.24) is 20.3 Å². The summed E-state index contributed by atoms with van der Waals surface area (Å²) in [5.41, 5.74) is 7.25. The predicted molar refractivity (Wildman–Crippen MR) is 68.3 cm³/mol. The quantitative estimate of drug-likeness (QED) is 0.719. The average molecular weight is 266 g/mol. The maximum absolute atomic E-state index is 11.8. The molecule has 1 amide bonds. The molecule has 0 unspecified atom stereocenters. The summed E-state index contributed by atoms with van der Waals surface area (Å²) >= 11 is 5.72. The van der Waals surface area contributed by atoms with Gasteiger partial charge >= 0.3 is 0 Å². The number of imidazole rings is 1. The molecule has 94 valence electrons. The first-order chi connectivity index (χ1) is 8.66. The van der Waals surface area contributed by atoms with Crippen LogP contribution in [0.3, 0.4) is 0 Å². The van der Waals surface area contributed by atoms with Gasteiger partial charge in [-0.3, -0.25) is 4.79 Å². The highest BCUT2D eigenvalue weighted by atomic mass is 35.5. The van der Waals surface area contributed by atoms with E-state index in [1.165, 1.54) is 12.3 Å². The van der Waals surface area contributed by atoms with Crippen molar-refractivity contribution in [3.63, 3.8) is 0 Å². The predicted octanol–water partition coefficient (Wildman–Crippen LogP) is 1.01. The highest BCUT2D eigenvalue weighted by Crippen LogP contribution is 2.14. The summed E-state index contributed by atoms with van der Waals surface area (Å²) < 4.78 is 0. The smallest absolute Gasteiger partial charge is 0.253 e. The van der Waals surface area contributed by atoms with Gasteiger partial charge in [0.2, 0.25) is 0 Å². The van der Waals surface area contributed by atoms with Crippen molar-refractivity contribution in [3.8, 4) is 0 Å². The minimum atomic E-state index is -0.267. The Morgan fingerprint density at radius 3 is 3.06 bits per heavy atom. The molecule has 2 rings (SSSR count). The number of aromatic amines is 1. The third kappa shape index (κ3) is 2.98. The van der Waals surface area contributed by atoms with Gasteiger partial charge in [-0.25, -0.2) is 9.97 Å². The number of amides is 1. The lowest BCUT2D eigenvalue weighted by atomic mass is 10.2. The molecule has 0 aliphatic heterocycles. The molecule has 2 aromatic rings. The van der Waals surface area contributed by atoms with Gasteiger partial charge in [-0.2, -0.15) is 0 Å². The Morgan fingerprint density at radius 2 is 2.33 bits per heavy atom. The Bertz CT molecular complexity index is 540. The van der Waals surface area contributed by atoms with Crippen LogP contribution in [0.5, 0.6) is 0 Å². The van der Waals surface area contributed by atoms with E-state index in [1.54, 1.807) is 12.5 Å². The zero-order valence-corrected chi connectivity index (χ0v) is 10.2. The zero-order chi connectivity index (χ0) is 13.0. The molecule has 6 nitrogen and oxygen atoms in total. The summed E-state index contributed by atoms with van der Waals surface area (Å²) in [5.74, 6) is -0.267. The summed E-state index contributed by atoms with van der Waals surface area (Å²) in [6, 6.07) is 1.45. The molecule has 0 fully saturated rings. The molecule has 2 heterocycles. The minimum Gasteiger partial charge on any atom is -0.397 e. The van der Waals surface area contributed by atoms with Crippen LogP contribution >= 0.6 is 11.6 Å². The highest BCUT2D eigenvalue weighted by molar-refractivity contribution is 6.29. The van der Waals surface area contributed by atoms with Crippen molar-refractivity contribution in [2.75, 3.05) is 12.3 Å². The second-order valence-electron chi connectivity index (χ2n) is 3.68. The van der Waals surface area contributed by atoms with E-state index in [1.807, 2.05) is 0 Å². The van der Waals surface area contributed by atoms with Gasteiger partial charge in [0.05, 0.1) is 23.8 Å². The standard InChI is InChI=1S/C11H12ClN5O/c12-10-3-8(9(13)5-16-10)11(18)15-2-1-7-4-14-6-17-7/h3-6H,1-2,13H2,(H,14,17)(H,15,18). The fraction of sp³-hybridized carbons (Fsp3) is 0.182. The van der Waals surface area contributed by atoms with Crippen molar-refractivity contribution in [1.29, 1.82) is 0 Å². The Balaban J connectivity index is 1.93. The first-order valence-corrected chi connectivity index (χ1v) is 5.71. The number of nitrogens with zero attached hydrogens (tertiary/aromatic N) is 2. The fourth-order valence-corrected chi connectivity index (χ4v) is 1.62. The van der Waals surface area contributed by atoms with Crippen LogP contribution in [0.4, 0.5) is 5.69 Å². The number of nitrogen functional groups attached to an aromatic ring is 1. The number of hydrogen-bond donors (Lipinski definition) is 3. The van der Waals surface area contributed by atoms with Crippen LogP contribution in [0.15, 0.2) is 24.8 Å². The van der Waals surface area contributed by atoms with Gasteiger partial charge in [0.1, 0.15) is 5.15 Å². The monoisotopic (exact) mass is 265 g/mol. The number of aromatic nitrogens is 3. The normalized spacial score (nSPS) is 10.3. The summed E-state index contributed by atoms with van der Waals surface area (Å²) in [6.07, 6.45) is 5.35. The Morgan fingerprint density at radius 1 is 1.50 bits per heavy atom. The molecule has 0 spiro atoms. The molecular weight excluding hydrogens is 254 g/mol. The van der Waals surface area contributed by atoms with Crippen LogP contribution < -0.4 is 11.1 Å². The largest absolute Gasteiger partial charge is 0.397 e. The van der Waals surface area contributed by atoms with E-state index >= 15 is 0 Å². The van der Waals surface area contributed by atoms with E-state index in [0.717, 1.165) is 5.69 Å². The number of nitrogens with one attached hydrogen (secondary N) is 2. The molecule has 0 aliphatic rings. The molecule has 18 heavy (non-hydrogen) atoms. The number of H-pyrrole nitrogens is 1. The van der Waals surface area contributed by atoms with Gasteiger partial charge in [0, 0.05) is 24.9 Å². The molecule has 0 saturated heterocycles. The number of rotatable bonds is 4. The van der Waals surface area contributed by atoms with Crippen LogP contribution in [0.1, 0.15) is 16.1 Å². The average Bonchev–Trinajstić information content (AvgIpc) is 2.85. The van der Waals surface area contributed by atoms with Gasteiger partial charge < -0.3 is 16.0 Å². The third-order valence-electron chi connectivity index (χ3n) is 2.38. The van der Waals surface area contributed by atoms with E-state index in [9.17, 15) is 4.79 Å². The van der Waals surface area contributed by atoms with Crippen LogP contribution in [-0.2, 0) is 6.42 Å². The van der Waals surface area contributed by atoms with Gasteiger partial charge in [-0.05, 0) is 6.07 Å². The van der Waals surface area contributed by atoms with Crippen molar-refractivity contribution >= 4 is 23.2 Å². The first kappa shape index (κ1) is 12.4. The first-order valence-electron chi connectivity index (χ1n) is 5.33. The van der Waals surface area contributed by atoms with E-state index < -0.39 is 0 Å². The number of pyridine rings is 1. The summed E-state index contributed by atoms with van der Waals surface area (Å²) in [4.78, 5) is 22.5. The Hall–Kier alpha value is -2.08. The summed E-state index contributed by atoms with van der Waals surface area (Å²) in [6.45, 7) is 0.487. The van der Waals surface area contributed by atoms with Gasteiger partial charge in [0.25, 0.3) is 5.91 Å². The van der Waals surface area contributed by atoms with E-state index in [2.05, 4.69) is 20.3 Å². The minimum absolute atomic E-state index is 0.239. The molecule has 0 radical (unpaired) electrons. The van der Waals surface area contributed by atoms with Gasteiger partial charge in [0.15, 0.2) is 0 Å². The number of carbonyl (C=O) groups excluding carboxylic acids is 1. The molecule has 0 aromatic carbocycles. The maximum atomic E-state index is 11.8. The van der Waals surface area contributed by atoms with Crippen LogP contribution in [0.25, 0.3) is 0 Å². The Kier molecular flexibility index (Phi) is 3.78. The molecule has 0 bridgehead atoms. The Labute approximate surface area is 109 Å². The maximum Gasteiger partial charge on any atom is 0.253 e. The topological polar surface area (TPSA) is 96.7 Å². The lowest BCUT2D eigenvalue weighted by Crippen LogP contribution is -2.26. The van der Waals surface area contributed by atoms with Crippen LogP contribution in [0, 0.1) is 0 Å². The van der Waals surface area contributed by atoms with Crippen molar-refractivity contribution in [2.24, 2.45) is 0 Å². The number of hydrogen-bond acceptors (Lipinski definition) is 4. The molecule has 2 aromatic heterocycles.